The summed E-state index contributed by atoms with van der Waals surface area (Å²) >= 11 is 0. The van der Waals surface area contributed by atoms with E-state index in [9.17, 15) is 37.1 Å². The number of rotatable bonds is 12. The van der Waals surface area contributed by atoms with Gasteiger partial charge in [0.2, 0.25) is 17.6 Å². The summed E-state index contributed by atoms with van der Waals surface area (Å²) in [5.41, 5.74) is 15.5. The lowest BCUT2D eigenvalue weighted by Gasteiger charge is -2.19. The fraction of sp³-hybridized carbons (Fsp3) is 0.364. The summed E-state index contributed by atoms with van der Waals surface area (Å²) in [7, 11) is 0. The van der Waals surface area contributed by atoms with Gasteiger partial charge in [-0.1, -0.05) is 12.1 Å². The molecule has 200 valence electrons. The van der Waals surface area contributed by atoms with Crippen LogP contribution in [0.15, 0.2) is 29.1 Å². The lowest BCUT2D eigenvalue weighted by molar-refractivity contribution is -0.173. The largest absolute Gasteiger partial charge is 0.481 e. The molecular weight excluding hydrogens is 501 g/mol. The van der Waals surface area contributed by atoms with Crippen molar-refractivity contribution in [3.63, 3.8) is 0 Å². The molecule has 0 aliphatic carbocycles. The molecule has 1 unspecified atom stereocenters. The lowest BCUT2D eigenvalue weighted by atomic mass is 9.88. The van der Waals surface area contributed by atoms with Crippen molar-refractivity contribution in [2.24, 2.45) is 5.73 Å². The Hall–Kier alpha value is -4.43. The molecule has 1 aromatic heterocycles. The Labute approximate surface area is 207 Å². The SMILES string of the molecule is NC(=O)[C@H](CCC(=O)O)NC(=O)c1ccc(C(CCCc2c(N)nc(N)[nH]c2=O)C(=O)C(F)(F)F)cc1. The maximum atomic E-state index is 13.3. The molecule has 15 heteroatoms. The Balaban J connectivity index is 2.19. The number of carboxylic acids is 1. The van der Waals surface area contributed by atoms with Crippen LogP contribution in [-0.2, 0) is 20.8 Å². The van der Waals surface area contributed by atoms with Gasteiger partial charge >= 0.3 is 12.1 Å². The van der Waals surface area contributed by atoms with Crippen LogP contribution in [0.2, 0.25) is 0 Å². The number of nitrogen functional groups attached to an aromatic ring is 2. The number of carboxylic acid groups (broad SMARTS) is 1. The number of carbonyl (C=O) groups is 4. The molecule has 1 heterocycles. The number of benzene rings is 1. The molecule has 37 heavy (non-hydrogen) atoms. The lowest BCUT2D eigenvalue weighted by Crippen LogP contribution is -2.44. The molecule has 0 aliphatic heterocycles. The minimum absolute atomic E-state index is 0.0197. The summed E-state index contributed by atoms with van der Waals surface area (Å²) < 4.78 is 39.8. The monoisotopic (exact) mass is 526 g/mol. The number of aromatic nitrogens is 2. The predicted molar refractivity (Wildman–Crippen MR) is 124 cm³/mol. The standard InChI is InChI=1S/C22H25F3N6O6/c23-22(24,25)16(34)12(2-1-3-13-17(26)30-21(28)31-20(13)37)10-4-6-11(7-5-10)19(36)29-14(18(27)35)8-9-15(32)33/h4-7,12,14H,1-3,8-9H2,(H2,27,35)(H,29,36)(H,32,33)(H5,26,28,30,31,37)/t12?,14-/m0/s1. The Morgan fingerprint density at radius 2 is 1.70 bits per heavy atom. The molecule has 0 radical (unpaired) electrons. The zero-order valence-corrected chi connectivity index (χ0v) is 19.3. The molecule has 0 aliphatic rings. The summed E-state index contributed by atoms with van der Waals surface area (Å²) in [4.78, 5) is 64.7. The van der Waals surface area contributed by atoms with E-state index < -0.39 is 53.7 Å². The van der Waals surface area contributed by atoms with E-state index in [1.165, 1.54) is 0 Å². The summed E-state index contributed by atoms with van der Waals surface area (Å²) in [5.74, 6) is -7.01. The van der Waals surface area contributed by atoms with Gasteiger partial charge in [0.1, 0.15) is 11.9 Å². The third-order valence-corrected chi connectivity index (χ3v) is 5.45. The van der Waals surface area contributed by atoms with E-state index in [1.807, 2.05) is 0 Å². The Bertz CT molecular complexity index is 1230. The summed E-state index contributed by atoms with van der Waals surface area (Å²) in [6.45, 7) is 0. The van der Waals surface area contributed by atoms with Crippen molar-refractivity contribution in [1.82, 2.24) is 15.3 Å². The molecular formula is C22H25F3N6O6. The molecule has 9 N–H and O–H groups in total. The van der Waals surface area contributed by atoms with Gasteiger partial charge in [0.05, 0.1) is 11.5 Å². The highest BCUT2D eigenvalue weighted by Crippen LogP contribution is 2.32. The third-order valence-electron chi connectivity index (χ3n) is 5.45. The highest BCUT2D eigenvalue weighted by Gasteiger charge is 2.43. The van der Waals surface area contributed by atoms with E-state index in [4.69, 9.17) is 22.3 Å². The van der Waals surface area contributed by atoms with Gasteiger partial charge in [-0.15, -0.1) is 0 Å². The molecule has 0 saturated heterocycles. The van der Waals surface area contributed by atoms with E-state index >= 15 is 0 Å². The first-order chi connectivity index (χ1) is 17.2. The van der Waals surface area contributed by atoms with Crippen molar-refractivity contribution in [1.29, 1.82) is 0 Å². The summed E-state index contributed by atoms with van der Waals surface area (Å²) in [6, 6.07) is 3.35. The van der Waals surface area contributed by atoms with Crippen LogP contribution >= 0.6 is 0 Å². The zero-order chi connectivity index (χ0) is 27.9. The van der Waals surface area contributed by atoms with Crippen LogP contribution in [0.1, 0.15) is 53.1 Å². The van der Waals surface area contributed by atoms with Crippen molar-refractivity contribution in [3.05, 3.63) is 51.3 Å². The fourth-order valence-electron chi connectivity index (χ4n) is 3.57. The molecule has 0 spiro atoms. The topological polar surface area (TPSA) is 224 Å². The van der Waals surface area contributed by atoms with E-state index in [0.717, 1.165) is 24.3 Å². The number of alkyl halides is 3. The van der Waals surface area contributed by atoms with E-state index in [0.29, 0.717) is 0 Å². The number of ketones is 1. The fourth-order valence-corrected chi connectivity index (χ4v) is 3.57. The Kier molecular flexibility index (Phi) is 9.35. The van der Waals surface area contributed by atoms with Crippen LogP contribution in [0.4, 0.5) is 24.9 Å². The van der Waals surface area contributed by atoms with Crippen LogP contribution in [0.5, 0.6) is 0 Å². The average molecular weight is 526 g/mol. The van der Waals surface area contributed by atoms with Gasteiger partial charge in [-0.2, -0.15) is 18.2 Å². The van der Waals surface area contributed by atoms with Crippen molar-refractivity contribution >= 4 is 35.3 Å². The van der Waals surface area contributed by atoms with E-state index in [-0.39, 0.29) is 54.1 Å². The summed E-state index contributed by atoms with van der Waals surface area (Å²) in [5, 5.41) is 11.0. The minimum atomic E-state index is -5.14. The number of amides is 2. The van der Waals surface area contributed by atoms with Crippen LogP contribution in [0.25, 0.3) is 0 Å². The first-order valence-electron chi connectivity index (χ1n) is 10.9. The number of hydrogen-bond donors (Lipinski definition) is 6. The van der Waals surface area contributed by atoms with Crippen molar-refractivity contribution in [2.45, 2.75) is 50.2 Å². The van der Waals surface area contributed by atoms with Crippen LogP contribution in [0, 0.1) is 0 Å². The van der Waals surface area contributed by atoms with Crippen molar-refractivity contribution in [3.8, 4) is 0 Å². The van der Waals surface area contributed by atoms with Gasteiger partial charge in [-0.05, 0) is 43.4 Å². The first-order valence-corrected chi connectivity index (χ1v) is 10.9. The number of anilines is 2. The average Bonchev–Trinajstić information content (AvgIpc) is 2.79. The van der Waals surface area contributed by atoms with Gasteiger partial charge < -0.3 is 27.6 Å². The highest BCUT2D eigenvalue weighted by atomic mass is 19.4. The van der Waals surface area contributed by atoms with Crippen LogP contribution in [-0.4, -0.2) is 50.9 Å². The predicted octanol–water partition coefficient (Wildman–Crippen LogP) is 0.621. The number of carbonyl (C=O) groups excluding carboxylic acids is 3. The number of primary amides is 1. The van der Waals surface area contributed by atoms with Crippen LogP contribution < -0.4 is 28.1 Å². The second-order valence-corrected chi connectivity index (χ2v) is 8.10. The van der Waals surface area contributed by atoms with E-state index in [2.05, 4.69) is 15.3 Å². The number of Topliss-reactive ketones (excluding diaryl/α,β-unsaturated/α-hetero) is 1. The highest BCUT2D eigenvalue weighted by molar-refractivity contribution is 5.97. The van der Waals surface area contributed by atoms with E-state index in [1.54, 1.807) is 0 Å². The Morgan fingerprint density at radius 1 is 1.08 bits per heavy atom. The number of aromatic amines is 1. The summed E-state index contributed by atoms with van der Waals surface area (Å²) in [6.07, 6.45) is -6.23. The van der Waals surface area contributed by atoms with Crippen molar-refractivity contribution in [2.75, 3.05) is 11.5 Å². The van der Waals surface area contributed by atoms with Gasteiger partial charge in [0.25, 0.3) is 11.5 Å². The molecule has 2 aromatic rings. The number of nitrogens with one attached hydrogen (secondary N) is 2. The molecule has 2 rings (SSSR count). The maximum Gasteiger partial charge on any atom is 0.450 e. The number of halogens is 3. The quantitative estimate of drug-likeness (QED) is 0.228. The maximum absolute atomic E-state index is 13.3. The normalized spacial score (nSPS) is 12.9. The van der Waals surface area contributed by atoms with Gasteiger partial charge in [0, 0.05) is 12.0 Å². The molecule has 0 bridgehead atoms. The first kappa shape index (κ1) is 28.8. The van der Waals surface area contributed by atoms with Crippen LogP contribution in [0.3, 0.4) is 0 Å². The number of aliphatic carboxylic acids is 1. The third kappa shape index (κ3) is 8.05. The molecule has 2 atom stereocenters. The van der Waals surface area contributed by atoms with Gasteiger partial charge in [0.15, 0.2) is 0 Å². The number of hydrogen-bond acceptors (Lipinski definition) is 8. The van der Waals surface area contributed by atoms with Crippen molar-refractivity contribution < 1.29 is 37.5 Å². The molecule has 0 saturated carbocycles. The zero-order valence-electron chi connectivity index (χ0n) is 19.3. The second kappa shape index (κ2) is 12.0. The number of H-pyrrole nitrogens is 1. The molecule has 1 aromatic carbocycles. The molecule has 2 amide bonds. The Morgan fingerprint density at radius 3 is 2.22 bits per heavy atom. The molecule has 12 nitrogen and oxygen atoms in total. The second-order valence-electron chi connectivity index (χ2n) is 8.10. The smallest absolute Gasteiger partial charge is 0.450 e. The van der Waals surface area contributed by atoms with Gasteiger partial charge in [-0.3, -0.25) is 29.0 Å². The van der Waals surface area contributed by atoms with Gasteiger partial charge in [-0.25, -0.2) is 0 Å². The number of nitrogens with two attached hydrogens (primary N) is 3. The molecule has 0 fully saturated rings. The minimum Gasteiger partial charge on any atom is -0.481 e. The number of nitrogens with zero attached hydrogens (tertiary/aromatic N) is 1.